The van der Waals surface area contributed by atoms with Crippen LogP contribution in [0.15, 0.2) is 41.8 Å². The summed E-state index contributed by atoms with van der Waals surface area (Å²) in [5.74, 6) is -0.601. The van der Waals surface area contributed by atoms with Crippen LogP contribution in [0.2, 0.25) is 0 Å². The Labute approximate surface area is 182 Å². The molecule has 7 heteroatoms. The molecule has 30 heavy (non-hydrogen) atoms. The van der Waals surface area contributed by atoms with Gasteiger partial charge in [-0.1, -0.05) is 24.3 Å². The number of nitrogens with zero attached hydrogens (tertiary/aromatic N) is 1. The van der Waals surface area contributed by atoms with Gasteiger partial charge in [0.2, 0.25) is 5.91 Å². The van der Waals surface area contributed by atoms with Crippen molar-refractivity contribution in [2.45, 2.75) is 38.3 Å². The molecular formula is C23H30N2O4S. The number of hydrogen-bond donors (Lipinski definition) is 1. The first kappa shape index (κ1) is 22.5. The fourth-order valence-corrected chi connectivity index (χ4v) is 4.67. The molecule has 0 saturated carbocycles. The summed E-state index contributed by atoms with van der Waals surface area (Å²) >= 11 is 1.56. The van der Waals surface area contributed by atoms with Crippen molar-refractivity contribution in [3.05, 3.63) is 57.8 Å². The normalized spacial score (nSPS) is 18.5. The Morgan fingerprint density at radius 2 is 2.00 bits per heavy atom. The molecule has 0 spiro atoms. The van der Waals surface area contributed by atoms with Gasteiger partial charge in [-0.2, -0.15) is 0 Å². The molecule has 1 aliphatic rings. The predicted octanol–water partition coefficient (Wildman–Crippen LogP) is 3.61. The number of fused-ring (bicyclic) bond motifs is 1. The van der Waals surface area contributed by atoms with E-state index in [9.17, 15) is 9.59 Å². The summed E-state index contributed by atoms with van der Waals surface area (Å²) < 4.78 is 10.8. The smallest absolute Gasteiger partial charge is 0.254 e. The van der Waals surface area contributed by atoms with Crippen molar-refractivity contribution >= 4 is 23.2 Å². The number of hydrogen-bond acceptors (Lipinski definition) is 5. The average Bonchev–Trinajstić information content (AvgIpc) is 3.26. The van der Waals surface area contributed by atoms with Crippen molar-refractivity contribution in [3.8, 4) is 0 Å². The quantitative estimate of drug-likeness (QED) is 0.585. The fourth-order valence-electron chi connectivity index (χ4n) is 3.80. The highest BCUT2D eigenvalue weighted by molar-refractivity contribution is 7.10. The van der Waals surface area contributed by atoms with Crippen molar-refractivity contribution in [2.75, 3.05) is 33.4 Å². The largest absolute Gasteiger partial charge is 0.383 e. The topological polar surface area (TPSA) is 67.9 Å². The number of rotatable bonds is 10. The standard InChI is InChI=1S/C23H30N2O4S/c1-16(2)29-13-7-11-24-22(26)20-17-8-4-5-9-18(17)23(27)25(12-14-28-3)21(20)19-10-6-15-30-19/h4-6,8-10,15-16,20-21H,7,11-14H2,1-3H3,(H,24,26)/t20-,21-/m1/s1. The Morgan fingerprint density at radius 1 is 1.20 bits per heavy atom. The van der Waals surface area contributed by atoms with Crippen molar-refractivity contribution in [1.82, 2.24) is 10.2 Å². The Morgan fingerprint density at radius 3 is 2.70 bits per heavy atom. The highest BCUT2D eigenvalue weighted by Crippen LogP contribution is 2.44. The van der Waals surface area contributed by atoms with Crippen LogP contribution in [0.5, 0.6) is 0 Å². The van der Waals surface area contributed by atoms with Gasteiger partial charge in [-0.25, -0.2) is 0 Å². The van der Waals surface area contributed by atoms with E-state index < -0.39 is 5.92 Å². The molecule has 2 heterocycles. The number of ether oxygens (including phenoxy) is 2. The van der Waals surface area contributed by atoms with Gasteiger partial charge in [0.05, 0.1) is 24.7 Å². The average molecular weight is 431 g/mol. The molecule has 0 radical (unpaired) electrons. The summed E-state index contributed by atoms with van der Waals surface area (Å²) in [4.78, 5) is 29.4. The monoisotopic (exact) mass is 430 g/mol. The number of thiophene rings is 1. The van der Waals surface area contributed by atoms with Crippen molar-refractivity contribution in [2.24, 2.45) is 0 Å². The lowest BCUT2D eigenvalue weighted by atomic mass is 9.81. The van der Waals surface area contributed by atoms with Crippen LogP contribution in [0.4, 0.5) is 0 Å². The second-order valence-electron chi connectivity index (χ2n) is 7.58. The van der Waals surface area contributed by atoms with E-state index in [1.807, 2.05) is 49.6 Å². The minimum absolute atomic E-state index is 0.0598. The summed E-state index contributed by atoms with van der Waals surface area (Å²) in [6.45, 7) is 5.97. The van der Waals surface area contributed by atoms with Gasteiger partial charge in [-0.15, -0.1) is 11.3 Å². The molecule has 3 rings (SSSR count). The van der Waals surface area contributed by atoms with E-state index >= 15 is 0 Å². The van der Waals surface area contributed by atoms with E-state index in [0.29, 0.717) is 31.9 Å². The molecule has 0 unspecified atom stereocenters. The third kappa shape index (κ3) is 5.09. The second kappa shape index (κ2) is 10.7. The Bertz CT molecular complexity index is 837. The maximum Gasteiger partial charge on any atom is 0.254 e. The zero-order chi connectivity index (χ0) is 21.5. The van der Waals surface area contributed by atoms with Crippen LogP contribution in [0.1, 0.15) is 53.0 Å². The van der Waals surface area contributed by atoms with Gasteiger partial charge in [0, 0.05) is 37.2 Å². The van der Waals surface area contributed by atoms with Gasteiger partial charge < -0.3 is 19.7 Å². The van der Waals surface area contributed by atoms with Crippen LogP contribution in [-0.4, -0.2) is 56.2 Å². The van der Waals surface area contributed by atoms with Gasteiger partial charge in [0.15, 0.2) is 0 Å². The summed E-state index contributed by atoms with van der Waals surface area (Å²) in [6, 6.07) is 11.0. The Hall–Kier alpha value is -2.22. The number of methoxy groups -OCH3 is 1. The van der Waals surface area contributed by atoms with Crippen LogP contribution in [0.3, 0.4) is 0 Å². The lowest BCUT2D eigenvalue weighted by molar-refractivity contribution is -0.124. The lowest BCUT2D eigenvalue weighted by Gasteiger charge is -2.41. The fraction of sp³-hybridized carbons (Fsp3) is 0.478. The van der Waals surface area contributed by atoms with Gasteiger partial charge >= 0.3 is 0 Å². The Balaban J connectivity index is 1.89. The molecule has 2 aromatic rings. The first-order valence-corrected chi connectivity index (χ1v) is 11.2. The second-order valence-corrected chi connectivity index (χ2v) is 8.56. The summed E-state index contributed by atoms with van der Waals surface area (Å²) in [5, 5.41) is 5.05. The van der Waals surface area contributed by atoms with E-state index in [0.717, 1.165) is 16.9 Å². The Kier molecular flexibility index (Phi) is 8.01. The van der Waals surface area contributed by atoms with E-state index in [1.54, 1.807) is 29.4 Å². The van der Waals surface area contributed by atoms with Crippen LogP contribution in [0, 0.1) is 0 Å². The van der Waals surface area contributed by atoms with Crippen LogP contribution >= 0.6 is 11.3 Å². The predicted molar refractivity (Wildman–Crippen MR) is 118 cm³/mol. The van der Waals surface area contributed by atoms with Crippen LogP contribution < -0.4 is 5.32 Å². The molecular weight excluding hydrogens is 400 g/mol. The number of carbonyl (C=O) groups is 2. The summed E-state index contributed by atoms with van der Waals surface area (Å²) in [7, 11) is 1.62. The van der Waals surface area contributed by atoms with Gasteiger partial charge in [0.1, 0.15) is 0 Å². The molecule has 0 saturated heterocycles. The summed E-state index contributed by atoms with van der Waals surface area (Å²) in [5.41, 5.74) is 1.37. The first-order chi connectivity index (χ1) is 14.5. The number of nitrogens with one attached hydrogen (secondary N) is 1. The maximum atomic E-state index is 13.4. The SMILES string of the molecule is COCCN1C(=O)c2ccccc2[C@@H](C(=O)NCCCOC(C)C)[C@H]1c1cccs1. The molecule has 1 aromatic carbocycles. The van der Waals surface area contributed by atoms with E-state index in [4.69, 9.17) is 9.47 Å². The lowest BCUT2D eigenvalue weighted by Crippen LogP contribution is -2.48. The molecule has 2 atom stereocenters. The van der Waals surface area contributed by atoms with Gasteiger partial charge in [-0.3, -0.25) is 9.59 Å². The summed E-state index contributed by atoms with van der Waals surface area (Å²) in [6.07, 6.45) is 0.920. The highest BCUT2D eigenvalue weighted by Gasteiger charge is 2.44. The molecule has 1 aromatic heterocycles. The minimum Gasteiger partial charge on any atom is -0.383 e. The highest BCUT2D eigenvalue weighted by atomic mass is 32.1. The third-order valence-electron chi connectivity index (χ3n) is 5.16. The molecule has 0 bridgehead atoms. The maximum absolute atomic E-state index is 13.4. The van der Waals surface area contributed by atoms with Crippen LogP contribution in [0.25, 0.3) is 0 Å². The zero-order valence-electron chi connectivity index (χ0n) is 17.8. The number of benzene rings is 1. The van der Waals surface area contributed by atoms with Crippen LogP contribution in [-0.2, 0) is 14.3 Å². The van der Waals surface area contributed by atoms with E-state index in [2.05, 4.69) is 5.32 Å². The molecule has 1 aliphatic heterocycles. The van der Waals surface area contributed by atoms with Gasteiger partial charge in [-0.05, 0) is 43.3 Å². The van der Waals surface area contributed by atoms with Crippen molar-refractivity contribution in [1.29, 1.82) is 0 Å². The van der Waals surface area contributed by atoms with Crippen molar-refractivity contribution in [3.63, 3.8) is 0 Å². The molecule has 2 amide bonds. The molecule has 6 nitrogen and oxygen atoms in total. The van der Waals surface area contributed by atoms with E-state index in [-0.39, 0.29) is 24.0 Å². The van der Waals surface area contributed by atoms with Gasteiger partial charge in [0.25, 0.3) is 5.91 Å². The molecule has 0 fully saturated rings. The van der Waals surface area contributed by atoms with E-state index in [1.165, 1.54) is 0 Å². The zero-order valence-corrected chi connectivity index (χ0v) is 18.6. The molecule has 162 valence electrons. The molecule has 1 N–H and O–H groups in total. The first-order valence-electron chi connectivity index (χ1n) is 10.4. The third-order valence-corrected chi connectivity index (χ3v) is 6.11. The minimum atomic E-state index is -0.472. The molecule has 0 aliphatic carbocycles. The number of amides is 2. The van der Waals surface area contributed by atoms with Crippen molar-refractivity contribution < 1.29 is 19.1 Å². The number of carbonyl (C=O) groups excluding carboxylic acids is 2.